The fourth-order valence-electron chi connectivity index (χ4n) is 1.90. The molecule has 1 aliphatic rings. The topological polar surface area (TPSA) is 44.4 Å². The molecule has 0 atom stereocenters. The maximum absolute atomic E-state index is 11.1. The van der Waals surface area contributed by atoms with Crippen LogP contribution in [0.15, 0.2) is 0 Å². The highest BCUT2D eigenvalue weighted by atomic mass is 16.1. The second-order valence-electron chi connectivity index (χ2n) is 4.03. The summed E-state index contributed by atoms with van der Waals surface area (Å²) in [5.74, 6) is 0.0960. The summed E-state index contributed by atoms with van der Waals surface area (Å²) >= 11 is 0. The molecule has 88 valence electrons. The number of nitrogens with one attached hydrogen (secondary N) is 2. The van der Waals surface area contributed by atoms with Crippen LogP contribution in [0.1, 0.15) is 26.2 Å². The van der Waals surface area contributed by atoms with Crippen LogP contribution < -0.4 is 10.6 Å². The van der Waals surface area contributed by atoms with Crippen molar-refractivity contribution < 1.29 is 4.79 Å². The number of carbonyl (C=O) groups is 1. The molecule has 0 aromatic carbocycles. The summed E-state index contributed by atoms with van der Waals surface area (Å²) in [5, 5.41) is 5.92. The molecule has 1 fully saturated rings. The lowest BCUT2D eigenvalue weighted by molar-refractivity contribution is -0.120. The summed E-state index contributed by atoms with van der Waals surface area (Å²) in [7, 11) is 0. The maximum atomic E-state index is 11.1. The zero-order valence-corrected chi connectivity index (χ0v) is 9.72. The van der Waals surface area contributed by atoms with Gasteiger partial charge in [-0.15, -0.1) is 0 Å². The van der Waals surface area contributed by atoms with Crippen molar-refractivity contribution in [1.82, 2.24) is 15.5 Å². The maximum Gasteiger partial charge on any atom is 0.233 e. The van der Waals surface area contributed by atoms with Gasteiger partial charge in [0.2, 0.25) is 5.91 Å². The summed E-state index contributed by atoms with van der Waals surface area (Å²) in [6, 6.07) is 0. The lowest BCUT2D eigenvalue weighted by Gasteiger charge is -2.14. The first-order valence-corrected chi connectivity index (χ1v) is 6.02. The van der Waals surface area contributed by atoms with Crippen molar-refractivity contribution in [3.8, 4) is 0 Å². The first-order valence-electron chi connectivity index (χ1n) is 6.02. The third kappa shape index (κ3) is 5.74. The molecule has 0 unspecified atom stereocenters. The van der Waals surface area contributed by atoms with E-state index in [1.165, 1.54) is 32.5 Å². The predicted octanol–water partition coefficient (Wildman–Crippen LogP) is 0.198. The molecule has 0 bridgehead atoms. The van der Waals surface area contributed by atoms with Crippen molar-refractivity contribution >= 4 is 5.91 Å². The van der Waals surface area contributed by atoms with Gasteiger partial charge in [0.25, 0.3) is 0 Å². The van der Waals surface area contributed by atoms with Crippen LogP contribution in [0.5, 0.6) is 0 Å². The van der Waals surface area contributed by atoms with Gasteiger partial charge in [-0.2, -0.15) is 0 Å². The van der Waals surface area contributed by atoms with Crippen LogP contribution in [0.4, 0.5) is 0 Å². The highest BCUT2D eigenvalue weighted by Crippen LogP contribution is 2.06. The van der Waals surface area contributed by atoms with Gasteiger partial charge in [0.1, 0.15) is 0 Å². The third-order valence-electron chi connectivity index (χ3n) is 2.69. The lowest BCUT2D eigenvalue weighted by atomic mass is 10.4. The molecule has 1 amide bonds. The second kappa shape index (κ2) is 7.65. The molecule has 1 heterocycles. The van der Waals surface area contributed by atoms with Crippen molar-refractivity contribution in [2.24, 2.45) is 0 Å². The molecular weight excluding hydrogens is 190 g/mol. The Kier molecular flexibility index (Phi) is 6.36. The molecule has 2 N–H and O–H groups in total. The first kappa shape index (κ1) is 12.5. The van der Waals surface area contributed by atoms with Crippen LogP contribution in [0.2, 0.25) is 0 Å². The van der Waals surface area contributed by atoms with Gasteiger partial charge in [0.15, 0.2) is 0 Å². The lowest BCUT2D eigenvalue weighted by Crippen LogP contribution is -2.34. The number of carbonyl (C=O) groups excluding carboxylic acids is 1. The number of nitrogens with zero attached hydrogens (tertiary/aromatic N) is 1. The van der Waals surface area contributed by atoms with Crippen molar-refractivity contribution in [3.05, 3.63) is 0 Å². The average molecular weight is 213 g/mol. The Morgan fingerprint density at radius 3 is 2.73 bits per heavy atom. The van der Waals surface area contributed by atoms with E-state index in [9.17, 15) is 4.79 Å². The summed E-state index contributed by atoms with van der Waals surface area (Å²) in [6.45, 7) is 7.73. The van der Waals surface area contributed by atoms with E-state index in [0.717, 1.165) is 13.0 Å². The number of likely N-dealkylation sites (tertiary alicyclic amines) is 1. The zero-order valence-electron chi connectivity index (χ0n) is 9.72. The van der Waals surface area contributed by atoms with Crippen LogP contribution in [-0.4, -0.2) is 50.1 Å². The van der Waals surface area contributed by atoms with Gasteiger partial charge in [-0.3, -0.25) is 4.79 Å². The highest BCUT2D eigenvalue weighted by Gasteiger charge is 2.09. The molecule has 0 spiro atoms. The normalized spacial score (nSPS) is 16.9. The van der Waals surface area contributed by atoms with E-state index in [2.05, 4.69) is 15.5 Å². The van der Waals surface area contributed by atoms with Gasteiger partial charge in [-0.1, -0.05) is 0 Å². The van der Waals surface area contributed by atoms with E-state index >= 15 is 0 Å². The van der Waals surface area contributed by atoms with Gasteiger partial charge < -0.3 is 15.5 Å². The largest absolute Gasteiger partial charge is 0.355 e. The summed E-state index contributed by atoms with van der Waals surface area (Å²) in [5.41, 5.74) is 0. The van der Waals surface area contributed by atoms with E-state index in [4.69, 9.17) is 0 Å². The second-order valence-corrected chi connectivity index (χ2v) is 4.03. The standard InChI is InChI=1S/C11H23N3O/c1-2-13-11(15)10-12-6-5-9-14-7-3-4-8-14/h12H,2-10H2,1H3,(H,13,15). The Bertz CT molecular complexity index is 179. The van der Waals surface area contributed by atoms with E-state index in [1.54, 1.807) is 0 Å². The minimum absolute atomic E-state index is 0.0960. The predicted molar refractivity (Wildman–Crippen MR) is 61.8 cm³/mol. The van der Waals surface area contributed by atoms with Gasteiger partial charge in [-0.25, -0.2) is 0 Å². The molecule has 4 heteroatoms. The molecule has 0 saturated carbocycles. The molecule has 0 aromatic heterocycles. The number of hydrogen-bond acceptors (Lipinski definition) is 3. The van der Waals surface area contributed by atoms with Crippen molar-refractivity contribution in [2.45, 2.75) is 26.2 Å². The van der Waals surface area contributed by atoms with Gasteiger partial charge in [0, 0.05) is 6.54 Å². The Balaban J connectivity index is 1.86. The Morgan fingerprint density at radius 1 is 1.33 bits per heavy atom. The van der Waals surface area contributed by atoms with Crippen molar-refractivity contribution in [2.75, 3.05) is 39.3 Å². The van der Waals surface area contributed by atoms with Crippen molar-refractivity contribution in [1.29, 1.82) is 0 Å². The average Bonchev–Trinajstić information content (AvgIpc) is 2.70. The minimum atomic E-state index is 0.0960. The molecule has 1 rings (SSSR count). The number of rotatable bonds is 7. The Labute approximate surface area is 92.4 Å². The van der Waals surface area contributed by atoms with E-state index in [1.807, 2.05) is 6.92 Å². The fraction of sp³-hybridized carbons (Fsp3) is 0.909. The van der Waals surface area contributed by atoms with Gasteiger partial charge in [0.05, 0.1) is 6.54 Å². The van der Waals surface area contributed by atoms with Crippen molar-refractivity contribution in [3.63, 3.8) is 0 Å². The molecule has 4 nitrogen and oxygen atoms in total. The number of hydrogen-bond donors (Lipinski definition) is 2. The van der Waals surface area contributed by atoms with Gasteiger partial charge >= 0.3 is 0 Å². The number of likely N-dealkylation sites (N-methyl/N-ethyl adjacent to an activating group) is 1. The molecule has 0 aromatic rings. The smallest absolute Gasteiger partial charge is 0.233 e. The number of amides is 1. The molecule has 0 radical (unpaired) electrons. The molecular formula is C11H23N3O. The fourth-order valence-corrected chi connectivity index (χ4v) is 1.90. The molecule has 1 saturated heterocycles. The van der Waals surface area contributed by atoms with E-state index in [0.29, 0.717) is 13.1 Å². The highest BCUT2D eigenvalue weighted by molar-refractivity contribution is 5.77. The van der Waals surface area contributed by atoms with E-state index < -0.39 is 0 Å². The van der Waals surface area contributed by atoms with Crippen LogP contribution >= 0.6 is 0 Å². The van der Waals surface area contributed by atoms with Gasteiger partial charge in [-0.05, 0) is 52.4 Å². The summed E-state index contributed by atoms with van der Waals surface area (Å²) in [6.07, 6.45) is 3.85. The van der Waals surface area contributed by atoms with Crippen LogP contribution in [0.3, 0.4) is 0 Å². The third-order valence-corrected chi connectivity index (χ3v) is 2.69. The molecule has 0 aliphatic carbocycles. The monoisotopic (exact) mass is 213 g/mol. The summed E-state index contributed by atoms with van der Waals surface area (Å²) < 4.78 is 0. The Morgan fingerprint density at radius 2 is 2.07 bits per heavy atom. The first-order chi connectivity index (χ1) is 7.33. The quantitative estimate of drug-likeness (QED) is 0.594. The minimum Gasteiger partial charge on any atom is -0.355 e. The van der Waals surface area contributed by atoms with Crippen LogP contribution in [0, 0.1) is 0 Å². The zero-order chi connectivity index (χ0) is 10.9. The summed E-state index contributed by atoms with van der Waals surface area (Å²) in [4.78, 5) is 13.6. The van der Waals surface area contributed by atoms with Crippen LogP contribution in [-0.2, 0) is 4.79 Å². The van der Waals surface area contributed by atoms with Crippen LogP contribution in [0.25, 0.3) is 0 Å². The Hall–Kier alpha value is -0.610. The molecule has 1 aliphatic heterocycles. The molecule has 15 heavy (non-hydrogen) atoms. The van der Waals surface area contributed by atoms with E-state index in [-0.39, 0.29) is 5.91 Å². The SMILES string of the molecule is CCNC(=O)CNCCCN1CCCC1.